The SMILES string of the molecule is COc1c(C=O)ccc(C(C)(C)O)c1OC. The summed E-state index contributed by atoms with van der Waals surface area (Å²) in [6.07, 6.45) is 0.690. The lowest BCUT2D eigenvalue weighted by Gasteiger charge is -2.22. The van der Waals surface area contributed by atoms with Crippen LogP contribution in [0, 0.1) is 0 Å². The molecule has 0 saturated carbocycles. The fourth-order valence-corrected chi connectivity index (χ4v) is 1.57. The maximum absolute atomic E-state index is 10.8. The van der Waals surface area contributed by atoms with Crippen molar-refractivity contribution in [2.24, 2.45) is 0 Å². The van der Waals surface area contributed by atoms with Gasteiger partial charge < -0.3 is 14.6 Å². The Kier molecular flexibility index (Phi) is 3.55. The molecule has 1 rings (SSSR count). The molecule has 0 heterocycles. The van der Waals surface area contributed by atoms with Crippen molar-refractivity contribution in [2.45, 2.75) is 19.4 Å². The summed E-state index contributed by atoms with van der Waals surface area (Å²) in [7, 11) is 2.93. The number of carbonyl (C=O) groups is 1. The van der Waals surface area contributed by atoms with E-state index in [9.17, 15) is 9.90 Å². The van der Waals surface area contributed by atoms with E-state index in [1.54, 1.807) is 26.0 Å². The van der Waals surface area contributed by atoms with Crippen LogP contribution in [0.3, 0.4) is 0 Å². The lowest BCUT2D eigenvalue weighted by atomic mass is 9.95. The molecular weight excluding hydrogens is 208 g/mol. The zero-order chi connectivity index (χ0) is 12.3. The van der Waals surface area contributed by atoms with Crippen molar-refractivity contribution in [3.63, 3.8) is 0 Å². The average Bonchev–Trinajstić information content (AvgIpc) is 2.25. The molecule has 0 radical (unpaired) electrons. The minimum atomic E-state index is -1.06. The molecular formula is C12H16O4. The highest BCUT2D eigenvalue weighted by Gasteiger charge is 2.25. The highest BCUT2D eigenvalue weighted by Crippen LogP contribution is 2.39. The second-order valence-corrected chi connectivity index (χ2v) is 3.95. The number of hydrogen-bond acceptors (Lipinski definition) is 4. The van der Waals surface area contributed by atoms with Gasteiger partial charge in [0.25, 0.3) is 0 Å². The Morgan fingerprint density at radius 3 is 2.12 bits per heavy atom. The summed E-state index contributed by atoms with van der Waals surface area (Å²) in [5, 5.41) is 9.96. The van der Waals surface area contributed by atoms with Crippen LogP contribution >= 0.6 is 0 Å². The Labute approximate surface area is 94.8 Å². The van der Waals surface area contributed by atoms with Gasteiger partial charge in [0.2, 0.25) is 0 Å². The van der Waals surface area contributed by atoms with Gasteiger partial charge in [-0.2, -0.15) is 0 Å². The Bertz CT molecular complexity index is 391. The van der Waals surface area contributed by atoms with Crippen LogP contribution in [0.2, 0.25) is 0 Å². The minimum Gasteiger partial charge on any atom is -0.492 e. The van der Waals surface area contributed by atoms with E-state index in [1.165, 1.54) is 14.2 Å². The van der Waals surface area contributed by atoms with E-state index in [-0.39, 0.29) is 0 Å². The molecule has 0 bridgehead atoms. The summed E-state index contributed by atoms with van der Waals surface area (Å²) in [5.74, 6) is 0.733. The first kappa shape index (κ1) is 12.5. The number of benzene rings is 1. The molecule has 0 saturated heterocycles. The number of aldehydes is 1. The Hall–Kier alpha value is -1.55. The molecule has 0 amide bonds. The van der Waals surface area contributed by atoms with Crippen LogP contribution < -0.4 is 9.47 Å². The smallest absolute Gasteiger partial charge is 0.171 e. The molecule has 0 aliphatic heterocycles. The van der Waals surface area contributed by atoms with Crippen LogP contribution in [0.25, 0.3) is 0 Å². The quantitative estimate of drug-likeness (QED) is 0.791. The van der Waals surface area contributed by atoms with Crippen molar-refractivity contribution in [3.05, 3.63) is 23.3 Å². The van der Waals surface area contributed by atoms with E-state index < -0.39 is 5.60 Å². The van der Waals surface area contributed by atoms with Crippen molar-refractivity contribution < 1.29 is 19.4 Å². The van der Waals surface area contributed by atoms with Gasteiger partial charge in [0.15, 0.2) is 17.8 Å². The van der Waals surface area contributed by atoms with Crippen LogP contribution in [0.4, 0.5) is 0 Å². The summed E-state index contributed by atoms with van der Waals surface area (Å²) in [4.78, 5) is 10.8. The number of carbonyl (C=O) groups excluding carboxylic acids is 1. The van der Waals surface area contributed by atoms with Crippen LogP contribution in [-0.2, 0) is 5.60 Å². The van der Waals surface area contributed by atoms with E-state index in [2.05, 4.69) is 0 Å². The number of ether oxygens (including phenoxy) is 2. The summed E-state index contributed by atoms with van der Waals surface area (Å²) < 4.78 is 10.3. The average molecular weight is 224 g/mol. The van der Waals surface area contributed by atoms with E-state index in [4.69, 9.17) is 9.47 Å². The van der Waals surface area contributed by atoms with Gasteiger partial charge in [-0.15, -0.1) is 0 Å². The second-order valence-electron chi connectivity index (χ2n) is 3.95. The Balaban J connectivity index is 3.49. The molecule has 0 unspecified atom stereocenters. The molecule has 0 atom stereocenters. The molecule has 1 aromatic rings. The molecule has 0 aromatic heterocycles. The number of aliphatic hydroxyl groups is 1. The van der Waals surface area contributed by atoms with E-state index in [0.717, 1.165) is 0 Å². The molecule has 88 valence electrons. The zero-order valence-electron chi connectivity index (χ0n) is 9.90. The molecule has 4 heteroatoms. The predicted molar refractivity (Wildman–Crippen MR) is 60.2 cm³/mol. The first-order valence-corrected chi connectivity index (χ1v) is 4.88. The first-order valence-electron chi connectivity index (χ1n) is 4.88. The molecule has 0 aliphatic carbocycles. The lowest BCUT2D eigenvalue weighted by molar-refractivity contribution is 0.0750. The van der Waals surface area contributed by atoms with Gasteiger partial charge in [-0.3, -0.25) is 4.79 Å². The van der Waals surface area contributed by atoms with Crippen molar-refractivity contribution in [1.82, 2.24) is 0 Å². The molecule has 4 nitrogen and oxygen atoms in total. The third-order valence-corrected chi connectivity index (χ3v) is 2.34. The summed E-state index contributed by atoms with van der Waals surface area (Å²) in [6.45, 7) is 3.29. The normalized spacial score (nSPS) is 11.1. The molecule has 0 aliphatic rings. The van der Waals surface area contributed by atoms with Crippen molar-refractivity contribution in [1.29, 1.82) is 0 Å². The van der Waals surface area contributed by atoms with Crippen LogP contribution in [-0.4, -0.2) is 25.6 Å². The van der Waals surface area contributed by atoms with Gasteiger partial charge in [0, 0.05) is 5.56 Å². The van der Waals surface area contributed by atoms with E-state index in [1.807, 2.05) is 0 Å². The minimum absolute atomic E-state index is 0.345. The Morgan fingerprint density at radius 1 is 1.19 bits per heavy atom. The number of hydrogen-bond donors (Lipinski definition) is 1. The highest BCUT2D eigenvalue weighted by molar-refractivity contribution is 5.82. The van der Waals surface area contributed by atoms with Gasteiger partial charge in [-0.1, -0.05) is 6.07 Å². The number of rotatable bonds is 4. The van der Waals surface area contributed by atoms with Crippen LogP contribution in [0.5, 0.6) is 11.5 Å². The van der Waals surface area contributed by atoms with Crippen LogP contribution in [0.1, 0.15) is 29.8 Å². The van der Waals surface area contributed by atoms with Gasteiger partial charge in [-0.05, 0) is 19.9 Å². The topological polar surface area (TPSA) is 55.8 Å². The summed E-state index contributed by atoms with van der Waals surface area (Å²) in [6, 6.07) is 3.26. The zero-order valence-corrected chi connectivity index (χ0v) is 9.90. The summed E-state index contributed by atoms with van der Waals surface area (Å²) in [5.41, 5.74) is -0.0789. The maximum atomic E-state index is 10.8. The second kappa shape index (κ2) is 4.53. The molecule has 1 N–H and O–H groups in total. The largest absolute Gasteiger partial charge is 0.492 e. The molecule has 16 heavy (non-hydrogen) atoms. The number of methoxy groups -OCH3 is 2. The Morgan fingerprint density at radius 2 is 1.75 bits per heavy atom. The van der Waals surface area contributed by atoms with Crippen molar-refractivity contribution in [3.8, 4) is 11.5 Å². The maximum Gasteiger partial charge on any atom is 0.171 e. The fourth-order valence-electron chi connectivity index (χ4n) is 1.57. The molecule has 0 spiro atoms. The predicted octanol–water partition coefficient (Wildman–Crippen LogP) is 1.74. The molecule has 1 aromatic carbocycles. The van der Waals surface area contributed by atoms with E-state index in [0.29, 0.717) is 28.9 Å². The van der Waals surface area contributed by atoms with Gasteiger partial charge in [0.05, 0.1) is 25.4 Å². The van der Waals surface area contributed by atoms with Gasteiger partial charge >= 0.3 is 0 Å². The van der Waals surface area contributed by atoms with Gasteiger partial charge in [-0.25, -0.2) is 0 Å². The molecule has 0 fully saturated rings. The first-order chi connectivity index (χ1) is 7.45. The monoisotopic (exact) mass is 224 g/mol. The summed E-state index contributed by atoms with van der Waals surface area (Å²) >= 11 is 0. The lowest BCUT2D eigenvalue weighted by Crippen LogP contribution is -2.17. The van der Waals surface area contributed by atoms with Crippen LogP contribution in [0.15, 0.2) is 12.1 Å². The van der Waals surface area contributed by atoms with E-state index >= 15 is 0 Å². The van der Waals surface area contributed by atoms with Gasteiger partial charge in [0.1, 0.15) is 0 Å². The fraction of sp³-hybridized carbons (Fsp3) is 0.417. The third-order valence-electron chi connectivity index (χ3n) is 2.34. The van der Waals surface area contributed by atoms with Crippen molar-refractivity contribution >= 4 is 6.29 Å². The van der Waals surface area contributed by atoms with Crippen molar-refractivity contribution in [2.75, 3.05) is 14.2 Å². The third kappa shape index (κ3) is 2.17. The highest BCUT2D eigenvalue weighted by atomic mass is 16.5. The standard InChI is InChI=1S/C12H16O4/c1-12(2,14)9-6-5-8(7-13)10(15-3)11(9)16-4/h5-7,14H,1-4H3.